The minimum Gasteiger partial charge on any atom is -0.508 e. The van der Waals surface area contributed by atoms with Gasteiger partial charge in [-0.25, -0.2) is 0 Å². The minimum absolute atomic E-state index is 0.0146. The molecule has 2 unspecified atom stereocenters. The van der Waals surface area contributed by atoms with Crippen molar-refractivity contribution in [1.82, 2.24) is 10.2 Å². The van der Waals surface area contributed by atoms with E-state index in [-0.39, 0.29) is 23.7 Å². The zero-order chi connectivity index (χ0) is 13.8. The molecule has 4 N–H and O–H groups in total. The van der Waals surface area contributed by atoms with Gasteiger partial charge in [-0.15, -0.1) is 0 Å². The first-order valence-electron chi connectivity index (χ1n) is 6.68. The Balaban J connectivity index is 2.30. The average molecular weight is 263 g/mol. The average Bonchev–Trinajstić information content (AvgIpc) is 2.42. The van der Waals surface area contributed by atoms with Gasteiger partial charge in [-0.05, 0) is 12.5 Å². The summed E-state index contributed by atoms with van der Waals surface area (Å²) in [5.74, 6) is -0.0443. The van der Waals surface area contributed by atoms with Crippen molar-refractivity contribution in [3.8, 4) is 5.75 Å². The van der Waals surface area contributed by atoms with E-state index < -0.39 is 0 Å². The highest BCUT2D eigenvalue weighted by Crippen LogP contribution is 2.32. The van der Waals surface area contributed by atoms with Gasteiger partial charge in [-0.2, -0.15) is 0 Å². The smallest absolute Gasteiger partial charge is 0.236 e. The Labute approximate surface area is 113 Å². The molecule has 1 heterocycles. The second-order valence-electron chi connectivity index (χ2n) is 4.84. The van der Waals surface area contributed by atoms with E-state index in [1.54, 1.807) is 12.1 Å². The van der Waals surface area contributed by atoms with Crippen molar-refractivity contribution in [2.45, 2.75) is 25.4 Å². The van der Waals surface area contributed by atoms with Crippen LogP contribution in [0.15, 0.2) is 24.3 Å². The SMILES string of the molecule is CCC(c1ccccc1O)N1CCNCC1C(N)=O. The first-order valence-corrected chi connectivity index (χ1v) is 6.68. The molecule has 19 heavy (non-hydrogen) atoms. The summed E-state index contributed by atoms with van der Waals surface area (Å²) in [5, 5.41) is 13.2. The second kappa shape index (κ2) is 6.04. The molecule has 1 aromatic carbocycles. The van der Waals surface area contributed by atoms with Gasteiger partial charge in [-0.1, -0.05) is 25.1 Å². The summed E-state index contributed by atoms with van der Waals surface area (Å²) in [6.07, 6.45) is 0.821. The summed E-state index contributed by atoms with van der Waals surface area (Å²) < 4.78 is 0. The highest BCUT2D eigenvalue weighted by molar-refractivity contribution is 5.80. The molecule has 1 aliphatic heterocycles. The van der Waals surface area contributed by atoms with Crippen molar-refractivity contribution in [1.29, 1.82) is 0 Å². The third-order valence-corrected chi connectivity index (χ3v) is 3.70. The lowest BCUT2D eigenvalue weighted by atomic mass is 9.98. The van der Waals surface area contributed by atoms with Crippen LogP contribution in [0, 0.1) is 0 Å². The zero-order valence-electron chi connectivity index (χ0n) is 11.2. The van der Waals surface area contributed by atoms with Gasteiger partial charge in [0.1, 0.15) is 11.8 Å². The molecular weight excluding hydrogens is 242 g/mol. The number of para-hydroxylation sites is 1. The van der Waals surface area contributed by atoms with E-state index in [1.807, 2.05) is 12.1 Å². The number of primary amides is 1. The number of hydrogen-bond donors (Lipinski definition) is 3. The molecule has 0 spiro atoms. The summed E-state index contributed by atoms with van der Waals surface area (Å²) in [4.78, 5) is 13.7. The third-order valence-electron chi connectivity index (χ3n) is 3.70. The normalized spacial score (nSPS) is 22.1. The maximum absolute atomic E-state index is 11.6. The van der Waals surface area contributed by atoms with E-state index in [2.05, 4.69) is 17.1 Å². The Morgan fingerprint density at radius 2 is 2.32 bits per heavy atom. The molecule has 0 bridgehead atoms. The van der Waals surface area contributed by atoms with Gasteiger partial charge >= 0.3 is 0 Å². The third kappa shape index (κ3) is 2.88. The molecule has 1 aromatic rings. The van der Waals surface area contributed by atoms with Crippen LogP contribution < -0.4 is 11.1 Å². The van der Waals surface area contributed by atoms with Crippen molar-refractivity contribution in [3.63, 3.8) is 0 Å². The molecule has 1 amide bonds. The van der Waals surface area contributed by atoms with Crippen LogP contribution >= 0.6 is 0 Å². The van der Waals surface area contributed by atoms with Crippen molar-refractivity contribution in [2.24, 2.45) is 5.73 Å². The fourth-order valence-electron chi connectivity index (χ4n) is 2.76. The van der Waals surface area contributed by atoms with Crippen LogP contribution in [-0.2, 0) is 4.79 Å². The van der Waals surface area contributed by atoms with Crippen LogP contribution in [0.3, 0.4) is 0 Å². The van der Waals surface area contributed by atoms with Crippen LogP contribution in [0.1, 0.15) is 24.9 Å². The van der Waals surface area contributed by atoms with E-state index >= 15 is 0 Å². The topological polar surface area (TPSA) is 78.6 Å². The largest absolute Gasteiger partial charge is 0.508 e. The number of phenols is 1. The van der Waals surface area contributed by atoms with Gasteiger partial charge in [-0.3, -0.25) is 9.69 Å². The van der Waals surface area contributed by atoms with Gasteiger partial charge < -0.3 is 16.2 Å². The number of nitrogens with one attached hydrogen (secondary N) is 1. The van der Waals surface area contributed by atoms with E-state index in [9.17, 15) is 9.90 Å². The van der Waals surface area contributed by atoms with E-state index in [1.165, 1.54) is 0 Å². The fraction of sp³-hybridized carbons (Fsp3) is 0.500. The monoisotopic (exact) mass is 263 g/mol. The molecule has 1 saturated heterocycles. The molecule has 5 nitrogen and oxygen atoms in total. The molecule has 0 saturated carbocycles. The number of phenolic OH excluding ortho intramolecular Hbond substituents is 1. The number of rotatable bonds is 4. The van der Waals surface area contributed by atoms with Crippen LogP contribution in [-0.4, -0.2) is 41.6 Å². The minimum atomic E-state index is -0.321. The number of nitrogens with two attached hydrogens (primary N) is 1. The Morgan fingerprint density at radius 1 is 1.58 bits per heavy atom. The molecule has 2 atom stereocenters. The Morgan fingerprint density at radius 3 is 2.95 bits per heavy atom. The number of amides is 1. The quantitative estimate of drug-likeness (QED) is 0.743. The summed E-state index contributed by atoms with van der Waals surface area (Å²) >= 11 is 0. The lowest BCUT2D eigenvalue weighted by Gasteiger charge is -2.40. The highest BCUT2D eigenvalue weighted by Gasteiger charge is 2.33. The molecule has 2 rings (SSSR count). The van der Waals surface area contributed by atoms with Crippen LogP contribution in [0.25, 0.3) is 0 Å². The number of carbonyl (C=O) groups is 1. The fourth-order valence-corrected chi connectivity index (χ4v) is 2.76. The molecule has 104 valence electrons. The number of benzene rings is 1. The molecule has 0 radical (unpaired) electrons. The molecule has 1 aliphatic rings. The Kier molecular flexibility index (Phi) is 4.39. The first-order chi connectivity index (χ1) is 9.15. The molecule has 0 aliphatic carbocycles. The number of carbonyl (C=O) groups excluding carboxylic acids is 1. The van der Waals surface area contributed by atoms with Gasteiger partial charge in [0.15, 0.2) is 0 Å². The summed E-state index contributed by atoms with van der Waals surface area (Å²) in [5.41, 5.74) is 6.34. The summed E-state index contributed by atoms with van der Waals surface area (Å²) in [7, 11) is 0. The van der Waals surface area contributed by atoms with Crippen molar-refractivity contribution >= 4 is 5.91 Å². The van der Waals surface area contributed by atoms with Crippen molar-refractivity contribution in [3.05, 3.63) is 29.8 Å². The van der Waals surface area contributed by atoms with Crippen molar-refractivity contribution in [2.75, 3.05) is 19.6 Å². The standard InChI is InChI=1S/C14H21N3O2/c1-2-11(10-5-3-4-6-13(10)18)17-8-7-16-9-12(17)14(15)19/h3-6,11-12,16,18H,2,7-9H2,1H3,(H2,15,19). The lowest BCUT2D eigenvalue weighted by Crippen LogP contribution is -2.57. The van der Waals surface area contributed by atoms with Crippen LogP contribution in [0.4, 0.5) is 0 Å². The van der Waals surface area contributed by atoms with E-state index in [0.29, 0.717) is 6.54 Å². The number of hydrogen-bond acceptors (Lipinski definition) is 4. The number of aromatic hydroxyl groups is 1. The maximum atomic E-state index is 11.6. The van der Waals surface area contributed by atoms with Gasteiger partial charge in [0, 0.05) is 31.2 Å². The van der Waals surface area contributed by atoms with Gasteiger partial charge in [0.2, 0.25) is 5.91 Å². The predicted molar refractivity (Wildman–Crippen MR) is 73.7 cm³/mol. The van der Waals surface area contributed by atoms with Gasteiger partial charge in [0.25, 0.3) is 0 Å². The molecular formula is C14H21N3O2. The van der Waals surface area contributed by atoms with E-state index in [0.717, 1.165) is 25.1 Å². The Hall–Kier alpha value is -1.59. The molecule has 5 heteroatoms. The van der Waals surface area contributed by atoms with Crippen LogP contribution in [0.5, 0.6) is 5.75 Å². The number of piperazine rings is 1. The molecule has 0 aromatic heterocycles. The van der Waals surface area contributed by atoms with Crippen LogP contribution in [0.2, 0.25) is 0 Å². The maximum Gasteiger partial charge on any atom is 0.236 e. The second-order valence-corrected chi connectivity index (χ2v) is 4.84. The summed E-state index contributed by atoms with van der Waals surface area (Å²) in [6.45, 7) is 4.20. The molecule has 1 fully saturated rings. The predicted octanol–water partition coefficient (Wildman–Crippen LogP) is 0.602. The lowest BCUT2D eigenvalue weighted by molar-refractivity contribution is -0.125. The van der Waals surface area contributed by atoms with Gasteiger partial charge in [0.05, 0.1) is 0 Å². The summed E-state index contributed by atoms with van der Waals surface area (Å²) in [6, 6.07) is 6.98. The Bertz CT molecular complexity index is 450. The number of nitrogens with zero attached hydrogens (tertiary/aromatic N) is 1. The van der Waals surface area contributed by atoms with Crippen molar-refractivity contribution < 1.29 is 9.90 Å². The highest BCUT2D eigenvalue weighted by atomic mass is 16.3. The van der Waals surface area contributed by atoms with E-state index in [4.69, 9.17) is 5.73 Å². The first kappa shape index (κ1) is 13.8. The zero-order valence-corrected chi connectivity index (χ0v) is 11.2.